The van der Waals surface area contributed by atoms with Crippen molar-refractivity contribution in [2.75, 3.05) is 13.7 Å². The van der Waals surface area contributed by atoms with E-state index >= 15 is 0 Å². The van der Waals surface area contributed by atoms with E-state index in [0.29, 0.717) is 4.47 Å². The Labute approximate surface area is 132 Å². The van der Waals surface area contributed by atoms with Crippen LogP contribution >= 0.6 is 15.9 Å². The highest BCUT2D eigenvalue weighted by Gasteiger charge is 2.17. The minimum Gasteiger partial charge on any atom is -0.493 e. The monoisotopic (exact) mass is 349 g/mol. The van der Waals surface area contributed by atoms with E-state index in [0.717, 1.165) is 30.8 Å². The van der Waals surface area contributed by atoms with Gasteiger partial charge in [-0.3, -0.25) is 0 Å². The molecule has 1 N–H and O–H groups in total. The summed E-state index contributed by atoms with van der Waals surface area (Å²) in [6.45, 7) is 0.762. The average Bonchev–Trinajstić information content (AvgIpc) is 2.96. The van der Waals surface area contributed by atoms with Crippen LogP contribution in [-0.2, 0) is 12.8 Å². The summed E-state index contributed by atoms with van der Waals surface area (Å²) in [6, 6.07) is 11.6. The Balaban J connectivity index is 1.87. The molecule has 0 fully saturated rings. The maximum Gasteiger partial charge on any atom is 0.137 e. The lowest BCUT2D eigenvalue weighted by Crippen LogP contribution is -2.19. The molecule has 0 amide bonds. The molecule has 0 aliphatic carbocycles. The molecular weight excluding hydrogens is 333 g/mol. The highest BCUT2D eigenvalue weighted by atomic mass is 79.9. The van der Waals surface area contributed by atoms with E-state index in [4.69, 9.17) is 4.74 Å². The van der Waals surface area contributed by atoms with Crippen LogP contribution in [0.1, 0.15) is 22.7 Å². The molecule has 3 rings (SSSR count). The molecule has 1 heterocycles. The Kier molecular flexibility index (Phi) is 4.27. The van der Waals surface area contributed by atoms with Crippen molar-refractivity contribution in [3.05, 3.63) is 63.4 Å². The number of likely N-dealkylation sites (N-methyl/N-ethyl adjacent to an activating group) is 1. The van der Waals surface area contributed by atoms with Crippen molar-refractivity contribution in [3.8, 4) is 5.75 Å². The molecule has 0 saturated carbocycles. The van der Waals surface area contributed by atoms with E-state index in [2.05, 4.69) is 33.4 Å². The largest absolute Gasteiger partial charge is 0.493 e. The Morgan fingerprint density at radius 2 is 2.19 bits per heavy atom. The number of fused-ring (bicyclic) bond motifs is 1. The number of halogens is 2. The van der Waals surface area contributed by atoms with Crippen molar-refractivity contribution < 1.29 is 9.13 Å². The lowest BCUT2D eigenvalue weighted by molar-refractivity contribution is 0.356. The van der Waals surface area contributed by atoms with Crippen LogP contribution in [0.3, 0.4) is 0 Å². The highest BCUT2D eigenvalue weighted by molar-refractivity contribution is 9.10. The molecule has 0 saturated heterocycles. The van der Waals surface area contributed by atoms with Crippen LogP contribution in [0.2, 0.25) is 0 Å². The zero-order valence-electron chi connectivity index (χ0n) is 11.8. The summed E-state index contributed by atoms with van der Waals surface area (Å²) < 4.78 is 19.7. The molecule has 1 unspecified atom stereocenters. The standard InChI is InChI=1S/C17H17BrFNO/c1-20-15(10-13-3-2-4-14(19)17(13)18)11-5-6-16-12(9-11)7-8-21-16/h2-6,9,15,20H,7-8,10H2,1H3. The lowest BCUT2D eigenvalue weighted by atomic mass is 9.97. The quantitative estimate of drug-likeness (QED) is 0.899. The second-order valence-corrected chi connectivity index (χ2v) is 6.02. The molecule has 2 nitrogen and oxygen atoms in total. The van der Waals surface area contributed by atoms with E-state index in [9.17, 15) is 4.39 Å². The first-order chi connectivity index (χ1) is 10.2. The molecule has 0 bridgehead atoms. The molecule has 1 aliphatic rings. The molecule has 2 aromatic carbocycles. The van der Waals surface area contributed by atoms with Gasteiger partial charge in [0.1, 0.15) is 11.6 Å². The summed E-state index contributed by atoms with van der Waals surface area (Å²) in [4.78, 5) is 0. The molecule has 21 heavy (non-hydrogen) atoms. The minimum absolute atomic E-state index is 0.147. The van der Waals surface area contributed by atoms with Gasteiger partial charge in [-0.05, 0) is 58.2 Å². The number of hydrogen-bond donors (Lipinski definition) is 1. The summed E-state index contributed by atoms with van der Waals surface area (Å²) in [6.07, 6.45) is 1.69. The van der Waals surface area contributed by atoms with Gasteiger partial charge in [0.25, 0.3) is 0 Å². The molecular formula is C17H17BrFNO. The molecule has 0 aromatic heterocycles. The topological polar surface area (TPSA) is 21.3 Å². The second-order valence-electron chi connectivity index (χ2n) is 5.22. The predicted molar refractivity (Wildman–Crippen MR) is 85.2 cm³/mol. The fourth-order valence-electron chi connectivity index (χ4n) is 2.74. The third-order valence-electron chi connectivity index (χ3n) is 3.92. The van der Waals surface area contributed by atoms with Gasteiger partial charge in [-0.25, -0.2) is 4.39 Å². The van der Waals surface area contributed by atoms with Crippen molar-refractivity contribution in [3.63, 3.8) is 0 Å². The number of hydrogen-bond acceptors (Lipinski definition) is 2. The molecule has 1 atom stereocenters. The van der Waals surface area contributed by atoms with Gasteiger partial charge in [0.05, 0.1) is 11.1 Å². The van der Waals surface area contributed by atoms with E-state index in [1.807, 2.05) is 19.2 Å². The van der Waals surface area contributed by atoms with Crippen molar-refractivity contribution in [2.24, 2.45) is 0 Å². The molecule has 110 valence electrons. The third-order valence-corrected chi connectivity index (χ3v) is 4.81. The van der Waals surface area contributed by atoms with Crippen molar-refractivity contribution in [1.29, 1.82) is 0 Å². The fourth-order valence-corrected chi connectivity index (χ4v) is 3.16. The zero-order chi connectivity index (χ0) is 14.8. The van der Waals surface area contributed by atoms with E-state index in [1.165, 1.54) is 17.2 Å². The molecule has 1 aliphatic heterocycles. The van der Waals surface area contributed by atoms with E-state index in [1.54, 1.807) is 6.07 Å². The van der Waals surface area contributed by atoms with Crippen LogP contribution in [0.15, 0.2) is 40.9 Å². The first kappa shape index (κ1) is 14.5. The normalized spacial score (nSPS) is 14.6. The van der Waals surface area contributed by atoms with Crippen molar-refractivity contribution >= 4 is 15.9 Å². The van der Waals surface area contributed by atoms with Gasteiger partial charge in [0, 0.05) is 12.5 Å². The van der Waals surface area contributed by atoms with Crippen LogP contribution in [0, 0.1) is 5.82 Å². The van der Waals surface area contributed by atoms with Crippen molar-refractivity contribution in [1.82, 2.24) is 5.32 Å². The summed E-state index contributed by atoms with van der Waals surface area (Å²) in [5.41, 5.74) is 3.43. The maximum absolute atomic E-state index is 13.6. The molecule has 0 radical (unpaired) electrons. The van der Waals surface area contributed by atoms with Crippen LogP contribution in [0.25, 0.3) is 0 Å². The molecule has 2 aromatic rings. The Morgan fingerprint density at radius 1 is 1.33 bits per heavy atom. The summed E-state index contributed by atoms with van der Waals surface area (Å²) >= 11 is 3.34. The maximum atomic E-state index is 13.6. The Morgan fingerprint density at radius 3 is 3.00 bits per heavy atom. The average molecular weight is 350 g/mol. The predicted octanol–water partition coefficient (Wildman–Crippen LogP) is 4.03. The zero-order valence-corrected chi connectivity index (χ0v) is 13.4. The van der Waals surface area contributed by atoms with Crippen LogP contribution in [0.4, 0.5) is 4.39 Å². The number of rotatable bonds is 4. The summed E-state index contributed by atoms with van der Waals surface area (Å²) in [7, 11) is 1.93. The minimum atomic E-state index is -0.218. The highest BCUT2D eigenvalue weighted by Crippen LogP contribution is 2.30. The number of ether oxygens (including phenoxy) is 1. The first-order valence-electron chi connectivity index (χ1n) is 7.05. The smallest absolute Gasteiger partial charge is 0.137 e. The fraction of sp³-hybridized carbons (Fsp3) is 0.294. The van der Waals surface area contributed by atoms with Crippen LogP contribution in [0.5, 0.6) is 5.75 Å². The van der Waals surface area contributed by atoms with E-state index < -0.39 is 0 Å². The van der Waals surface area contributed by atoms with Gasteiger partial charge in [-0.1, -0.05) is 24.3 Å². The van der Waals surface area contributed by atoms with E-state index in [-0.39, 0.29) is 11.9 Å². The van der Waals surface area contributed by atoms with Gasteiger partial charge in [-0.2, -0.15) is 0 Å². The van der Waals surface area contributed by atoms with Crippen LogP contribution < -0.4 is 10.1 Å². The SMILES string of the molecule is CNC(Cc1cccc(F)c1Br)c1ccc2c(c1)CCO2. The lowest BCUT2D eigenvalue weighted by Gasteiger charge is -2.18. The molecule has 4 heteroatoms. The van der Waals surface area contributed by atoms with Crippen molar-refractivity contribution in [2.45, 2.75) is 18.9 Å². The van der Waals surface area contributed by atoms with Gasteiger partial charge < -0.3 is 10.1 Å². The Bertz CT molecular complexity index is 659. The first-order valence-corrected chi connectivity index (χ1v) is 7.84. The van der Waals surface area contributed by atoms with Gasteiger partial charge in [0.2, 0.25) is 0 Å². The third kappa shape index (κ3) is 2.97. The second kappa shape index (κ2) is 6.16. The van der Waals surface area contributed by atoms with Crippen LogP contribution in [-0.4, -0.2) is 13.7 Å². The number of nitrogens with one attached hydrogen (secondary N) is 1. The molecule has 0 spiro atoms. The van der Waals surface area contributed by atoms with Gasteiger partial charge in [-0.15, -0.1) is 0 Å². The summed E-state index contributed by atoms with van der Waals surface area (Å²) in [5, 5.41) is 3.32. The van der Waals surface area contributed by atoms with Gasteiger partial charge >= 0.3 is 0 Å². The Hall–Kier alpha value is -1.39. The summed E-state index contributed by atoms with van der Waals surface area (Å²) in [5.74, 6) is 0.769. The van der Waals surface area contributed by atoms with Gasteiger partial charge in [0.15, 0.2) is 0 Å². The number of benzene rings is 2.